The number of aryl methyl sites for hydroxylation is 1. The predicted octanol–water partition coefficient (Wildman–Crippen LogP) is 3.18. The average molecular weight is 367 g/mol. The predicted molar refractivity (Wildman–Crippen MR) is 95.6 cm³/mol. The Labute approximate surface area is 146 Å². The van der Waals surface area contributed by atoms with Gasteiger partial charge in [-0.25, -0.2) is 13.1 Å². The molecule has 1 heterocycles. The fraction of sp³-hybridized carbons (Fsp3) is 0.353. The van der Waals surface area contributed by atoms with Gasteiger partial charge in [0.15, 0.2) is 5.78 Å². The highest BCUT2D eigenvalue weighted by Crippen LogP contribution is 2.25. The molecule has 0 atom stereocenters. The number of rotatable bonds is 8. The number of hydrogen-bond acceptors (Lipinski definition) is 5. The number of carbonyl (C=O) groups is 1. The summed E-state index contributed by atoms with van der Waals surface area (Å²) in [5.74, 6) is 0.374. The zero-order chi connectivity index (χ0) is 17.7. The Hall–Kier alpha value is -1.70. The molecule has 0 radical (unpaired) electrons. The summed E-state index contributed by atoms with van der Waals surface area (Å²) in [6.45, 7) is 5.83. The van der Waals surface area contributed by atoms with E-state index in [0.717, 1.165) is 10.4 Å². The highest BCUT2D eigenvalue weighted by molar-refractivity contribution is 7.89. The Bertz CT molecular complexity index is 825. The van der Waals surface area contributed by atoms with E-state index >= 15 is 0 Å². The van der Waals surface area contributed by atoms with Crippen LogP contribution in [0, 0.1) is 6.92 Å². The molecule has 7 heteroatoms. The zero-order valence-electron chi connectivity index (χ0n) is 14.0. The molecule has 1 aromatic carbocycles. The molecule has 0 spiro atoms. The molecule has 0 aliphatic carbocycles. The molecule has 0 aliphatic rings. The van der Waals surface area contributed by atoms with Crippen LogP contribution in [0.3, 0.4) is 0 Å². The lowest BCUT2D eigenvalue weighted by Crippen LogP contribution is -2.26. The Morgan fingerprint density at radius 1 is 1.25 bits per heavy atom. The molecule has 2 rings (SSSR count). The number of thiophene rings is 1. The summed E-state index contributed by atoms with van der Waals surface area (Å²) < 4.78 is 33.1. The average Bonchev–Trinajstić information content (AvgIpc) is 2.98. The number of ether oxygens (including phenoxy) is 1. The highest BCUT2D eigenvalue weighted by Gasteiger charge is 2.19. The fourth-order valence-corrected chi connectivity index (χ4v) is 4.35. The van der Waals surface area contributed by atoms with Gasteiger partial charge in [0.2, 0.25) is 10.0 Å². The normalized spacial score (nSPS) is 11.5. The van der Waals surface area contributed by atoms with Crippen LogP contribution in [-0.4, -0.2) is 27.4 Å². The van der Waals surface area contributed by atoms with Gasteiger partial charge in [0.05, 0.1) is 11.5 Å². The number of benzene rings is 1. The minimum absolute atomic E-state index is 0.0212. The maximum atomic E-state index is 12.5. The van der Waals surface area contributed by atoms with E-state index in [1.165, 1.54) is 18.3 Å². The first-order valence-corrected chi connectivity index (χ1v) is 9.96. The molecular formula is C17H21NO4S2. The molecule has 0 saturated heterocycles. The number of sulfonamides is 1. The molecule has 0 saturated carbocycles. The minimum Gasteiger partial charge on any atom is -0.492 e. The number of ketones is 1. The van der Waals surface area contributed by atoms with Gasteiger partial charge in [0, 0.05) is 11.4 Å². The van der Waals surface area contributed by atoms with Crippen LogP contribution in [0.25, 0.3) is 0 Å². The highest BCUT2D eigenvalue weighted by atomic mass is 32.2. The van der Waals surface area contributed by atoms with Crippen LogP contribution >= 0.6 is 11.3 Å². The van der Waals surface area contributed by atoms with Crippen molar-refractivity contribution in [2.75, 3.05) is 13.2 Å². The van der Waals surface area contributed by atoms with Gasteiger partial charge in [0.1, 0.15) is 10.6 Å². The Balaban J connectivity index is 2.08. The Morgan fingerprint density at radius 3 is 2.62 bits per heavy atom. The van der Waals surface area contributed by atoms with Crippen LogP contribution in [0.4, 0.5) is 0 Å². The van der Waals surface area contributed by atoms with Crippen molar-refractivity contribution in [2.24, 2.45) is 0 Å². The van der Waals surface area contributed by atoms with E-state index in [0.29, 0.717) is 23.7 Å². The number of Topliss-reactive ketones (excluding diaryl/α,β-unsaturated/α-hetero) is 1. The SMILES string of the molecule is CCOc1ccc(C)cc1S(=O)(=O)NCCc1ccc(C(C)=O)s1. The molecule has 0 amide bonds. The van der Waals surface area contributed by atoms with Crippen LogP contribution in [0.1, 0.15) is 34.0 Å². The smallest absolute Gasteiger partial charge is 0.244 e. The van der Waals surface area contributed by atoms with E-state index in [9.17, 15) is 13.2 Å². The van der Waals surface area contributed by atoms with Gasteiger partial charge >= 0.3 is 0 Å². The second kappa shape index (κ2) is 7.92. The van der Waals surface area contributed by atoms with Crippen molar-refractivity contribution in [3.8, 4) is 5.75 Å². The van der Waals surface area contributed by atoms with Gasteiger partial charge in [0.25, 0.3) is 0 Å². The third-order valence-corrected chi connectivity index (χ3v) is 6.09. The van der Waals surface area contributed by atoms with Gasteiger partial charge in [-0.05, 0) is 57.0 Å². The molecule has 5 nitrogen and oxygen atoms in total. The van der Waals surface area contributed by atoms with E-state index in [-0.39, 0.29) is 17.2 Å². The molecule has 0 bridgehead atoms. The third-order valence-electron chi connectivity index (χ3n) is 3.36. The molecule has 2 aromatic rings. The summed E-state index contributed by atoms with van der Waals surface area (Å²) in [6.07, 6.45) is 0.535. The summed E-state index contributed by atoms with van der Waals surface area (Å²) in [6, 6.07) is 8.72. The van der Waals surface area contributed by atoms with E-state index in [1.807, 2.05) is 26.0 Å². The lowest BCUT2D eigenvalue weighted by Gasteiger charge is -2.12. The van der Waals surface area contributed by atoms with Gasteiger partial charge in [-0.1, -0.05) is 6.07 Å². The van der Waals surface area contributed by atoms with Gasteiger partial charge in [-0.3, -0.25) is 4.79 Å². The number of carbonyl (C=O) groups excluding carboxylic acids is 1. The standard InChI is InChI=1S/C17H21NO4S2/c1-4-22-15-7-5-12(2)11-17(15)24(20,21)18-10-9-14-6-8-16(23-14)13(3)19/h5-8,11,18H,4,9-10H2,1-3H3. The van der Waals surface area contributed by atoms with E-state index in [4.69, 9.17) is 4.74 Å². The molecule has 0 unspecified atom stereocenters. The largest absolute Gasteiger partial charge is 0.492 e. The van der Waals surface area contributed by atoms with Crippen molar-refractivity contribution in [1.82, 2.24) is 4.72 Å². The summed E-state index contributed by atoms with van der Waals surface area (Å²) >= 11 is 1.39. The van der Waals surface area contributed by atoms with Crippen LogP contribution < -0.4 is 9.46 Å². The molecule has 1 aromatic heterocycles. The second-order valence-corrected chi connectivity index (χ2v) is 8.26. The quantitative estimate of drug-likeness (QED) is 0.728. The maximum Gasteiger partial charge on any atom is 0.244 e. The van der Waals surface area contributed by atoms with Crippen LogP contribution in [0.2, 0.25) is 0 Å². The monoisotopic (exact) mass is 367 g/mol. The van der Waals surface area contributed by atoms with Gasteiger partial charge < -0.3 is 4.74 Å². The molecule has 0 fully saturated rings. The third kappa shape index (κ3) is 4.66. The molecule has 130 valence electrons. The van der Waals surface area contributed by atoms with Crippen LogP contribution in [0.5, 0.6) is 5.75 Å². The maximum absolute atomic E-state index is 12.5. The number of hydrogen-bond donors (Lipinski definition) is 1. The topological polar surface area (TPSA) is 72.5 Å². The molecule has 0 aliphatic heterocycles. The van der Waals surface area contributed by atoms with Gasteiger partial charge in [-0.2, -0.15) is 0 Å². The second-order valence-electron chi connectivity index (χ2n) is 5.35. The lowest BCUT2D eigenvalue weighted by atomic mass is 10.2. The molecular weight excluding hydrogens is 346 g/mol. The van der Waals surface area contributed by atoms with E-state index < -0.39 is 10.0 Å². The summed E-state index contributed by atoms with van der Waals surface area (Å²) in [4.78, 5) is 13.1. The fourth-order valence-electron chi connectivity index (χ4n) is 2.19. The van der Waals surface area contributed by atoms with E-state index in [1.54, 1.807) is 18.2 Å². The summed E-state index contributed by atoms with van der Waals surface area (Å²) in [5, 5.41) is 0. The van der Waals surface area contributed by atoms with Crippen molar-refractivity contribution in [1.29, 1.82) is 0 Å². The van der Waals surface area contributed by atoms with Crippen LogP contribution in [0.15, 0.2) is 35.2 Å². The minimum atomic E-state index is -3.65. The first-order valence-electron chi connectivity index (χ1n) is 7.66. The van der Waals surface area contributed by atoms with Crippen molar-refractivity contribution < 1.29 is 17.9 Å². The summed E-state index contributed by atoms with van der Waals surface area (Å²) in [5.41, 5.74) is 0.850. The lowest BCUT2D eigenvalue weighted by molar-refractivity contribution is 0.102. The first kappa shape index (κ1) is 18.6. The van der Waals surface area contributed by atoms with Crippen molar-refractivity contribution >= 4 is 27.1 Å². The Kier molecular flexibility index (Phi) is 6.15. The number of nitrogens with one attached hydrogen (secondary N) is 1. The zero-order valence-corrected chi connectivity index (χ0v) is 15.6. The Morgan fingerprint density at radius 2 is 2.00 bits per heavy atom. The van der Waals surface area contributed by atoms with Crippen molar-refractivity contribution in [2.45, 2.75) is 32.1 Å². The van der Waals surface area contributed by atoms with Crippen molar-refractivity contribution in [3.63, 3.8) is 0 Å². The first-order chi connectivity index (χ1) is 11.3. The van der Waals surface area contributed by atoms with E-state index in [2.05, 4.69) is 4.72 Å². The van der Waals surface area contributed by atoms with Gasteiger partial charge in [-0.15, -0.1) is 11.3 Å². The summed E-state index contributed by atoms with van der Waals surface area (Å²) in [7, 11) is -3.65. The molecule has 1 N–H and O–H groups in total. The van der Waals surface area contributed by atoms with Crippen molar-refractivity contribution in [3.05, 3.63) is 45.6 Å². The van der Waals surface area contributed by atoms with Crippen LogP contribution in [-0.2, 0) is 16.4 Å². The molecule has 24 heavy (non-hydrogen) atoms.